The van der Waals surface area contributed by atoms with Crippen molar-refractivity contribution in [1.29, 1.82) is 0 Å². The molecule has 1 aromatic rings. The van der Waals surface area contributed by atoms with Gasteiger partial charge in [-0.2, -0.15) is 0 Å². The zero-order valence-electron chi connectivity index (χ0n) is 9.81. The molecule has 5 nitrogen and oxygen atoms in total. The van der Waals surface area contributed by atoms with E-state index in [0.717, 1.165) is 0 Å². The van der Waals surface area contributed by atoms with Gasteiger partial charge in [0.25, 0.3) is 5.91 Å². The van der Waals surface area contributed by atoms with Gasteiger partial charge in [-0.3, -0.25) is 9.59 Å². The first-order valence-electron chi connectivity index (χ1n) is 5.59. The Morgan fingerprint density at radius 1 is 1.39 bits per heavy atom. The molecule has 2 amide bonds. The van der Waals surface area contributed by atoms with E-state index >= 15 is 0 Å². The number of carbonyl (C=O) groups excluding carboxylic acids is 2. The molecule has 0 bridgehead atoms. The van der Waals surface area contributed by atoms with Crippen molar-refractivity contribution >= 4 is 29.9 Å². The Kier molecular flexibility index (Phi) is 4.97. The van der Waals surface area contributed by atoms with E-state index in [0.29, 0.717) is 30.6 Å². The number of rotatable bonds is 2. The molecule has 1 aromatic carbocycles. The summed E-state index contributed by atoms with van der Waals surface area (Å²) >= 11 is 0. The van der Waals surface area contributed by atoms with Crippen LogP contribution < -0.4 is 16.4 Å². The Morgan fingerprint density at radius 2 is 2.11 bits per heavy atom. The second kappa shape index (κ2) is 6.26. The highest BCUT2D eigenvalue weighted by atomic mass is 35.5. The van der Waals surface area contributed by atoms with Gasteiger partial charge in [-0.15, -0.1) is 12.4 Å². The molecule has 0 saturated carbocycles. The van der Waals surface area contributed by atoms with E-state index in [1.54, 1.807) is 24.3 Å². The van der Waals surface area contributed by atoms with Crippen LogP contribution in [0.1, 0.15) is 23.2 Å². The van der Waals surface area contributed by atoms with Gasteiger partial charge < -0.3 is 16.4 Å². The van der Waals surface area contributed by atoms with Crippen molar-refractivity contribution in [2.45, 2.75) is 18.9 Å². The number of carbonyl (C=O) groups is 2. The predicted molar refractivity (Wildman–Crippen MR) is 71.6 cm³/mol. The van der Waals surface area contributed by atoms with Gasteiger partial charge in [0.15, 0.2) is 0 Å². The van der Waals surface area contributed by atoms with E-state index in [1.807, 2.05) is 0 Å². The minimum atomic E-state index is -0.191. The average molecular weight is 270 g/mol. The molecular formula is C12H16ClN3O2. The number of nitrogens with one attached hydrogen (secondary N) is 2. The van der Waals surface area contributed by atoms with Crippen molar-refractivity contribution in [3.8, 4) is 0 Å². The molecule has 1 aliphatic heterocycles. The lowest BCUT2D eigenvalue weighted by molar-refractivity contribution is -0.122. The van der Waals surface area contributed by atoms with Crippen LogP contribution in [-0.4, -0.2) is 24.4 Å². The summed E-state index contributed by atoms with van der Waals surface area (Å²) in [7, 11) is 0. The molecule has 1 unspecified atom stereocenters. The third-order valence-corrected chi connectivity index (χ3v) is 2.81. The Bertz CT molecular complexity index is 441. The number of hydrogen-bond donors (Lipinski definition) is 3. The van der Waals surface area contributed by atoms with Gasteiger partial charge in [-0.05, 0) is 18.6 Å². The molecule has 4 N–H and O–H groups in total. The highest BCUT2D eigenvalue weighted by molar-refractivity contribution is 5.99. The molecule has 6 heteroatoms. The average Bonchev–Trinajstić information content (AvgIpc) is 2.32. The molecule has 1 saturated heterocycles. The number of anilines is 1. The predicted octanol–water partition coefficient (Wildman–Crippen LogP) is 0.699. The van der Waals surface area contributed by atoms with E-state index in [2.05, 4.69) is 10.6 Å². The molecule has 0 aromatic heterocycles. The molecule has 1 aliphatic rings. The SMILES string of the molecule is Cl.Nc1ccccc1C(=O)NC1CCC(=O)NC1. The van der Waals surface area contributed by atoms with Gasteiger partial charge in [0.05, 0.1) is 5.56 Å². The fraction of sp³-hybridized carbons (Fsp3) is 0.333. The van der Waals surface area contributed by atoms with Gasteiger partial charge in [0, 0.05) is 24.7 Å². The van der Waals surface area contributed by atoms with Crippen LogP contribution in [0.5, 0.6) is 0 Å². The third-order valence-electron chi connectivity index (χ3n) is 2.81. The number of amides is 2. The van der Waals surface area contributed by atoms with Crippen LogP contribution in [0.2, 0.25) is 0 Å². The van der Waals surface area contributed by atoms with E-state index in [4.69, 9.17) is 5.73 Å². The molecular weight excluding hydrogens is 254 g/mol. The van der Waals surface area contributed by atoms with Gasteiger partial charge >= 0.3 is 0 Å². The summed E-state index contributed by atoms with van der Waals surface area (Å²) in [6.45, 7) is 0.483. The summed E-state index contributed by atoms with van der Waals surface area (Å²) < 4.78 is 0. The summed E-state index contributed by atoms with van der Waals surface area (Å²) in [6, 6.07) is 6.92. The first-order valence-corrected chi connectivity index (χ1v) is 5.59. The van der Waals surface area contributed by atoms with Crippen LogP contribution in [0.4, 0.5) is 5.69 Å². The van der Waals surface area contributed by atoms with Crippen molar-refractivity contribution in [2.24, 2.45) is 0 Å². The van der Waals surface area contributed by atoms with E-state index in [9.17, 15) is 9.59 Å². The minimum Gasteiger partial charge on any atom is -0.398 e. The Balaban J connectivity index is 0.00000162. The molecule has 0 radical (unpaired) electrons. The standard InChI is InChI=1S/C12H15N3O2.ClH/c13-10-4-2-1-3-9(10)12(17)15-8-5-6-11(16)14-7-8;/h1-4,8H,5-7,13H2,(H,14,16)(H,15,17);1H. The second-order valence-electron chi connectivity index (χ2n) is 4.10. The van der Waals surface area contributed by atoms with Crippen LogP contribution in [0.25, 0.3) is 0 Å². The Hall–Kier alpha value is -1.75. The largest absolute Gasteiger partial charge is 0.398 e. The highest BCUT2D eigenvalue weighted by Crippen LogP contribution is 2.11. The van der Waals surface area contributed by atoms with Crippen molar-refractivity contribution in [1.82, 2.24) is 10.6 Å². The molecule has 0 aliphatic carbocycles. The van der Waals surface area contributed by atoms with Gasteiger partial charge in [-0.25, -0.2) is 0 Å². The minimum absolute atomic E-state index is 0. The normalized spacial score (nSPS) is 18.4. The number of benzene rings is 1. The summed E-state index contributed by atoms with van der Waals surface area (Å²) in [5, 5.41) is 5.58. The molecule has 98 valence electrons. The van der Waals surface area contributed by atoms with Crippen molar-refractivity contribution in [2.75, 3.05) is 12.3 Å². The summed E-state index contributed by atoms with van der Waals surface area (Å²) in [4.78, 5) is 22.9. The number of para-hydroxylation sites is 1. The summed E-state index contributed by atoms with van der Waals surface area (Å²) in [5.41, 5.74) is 6.66. The zero-order chi connectivity index (χ0) is 12.3. The van der Waals surface area contributed by atoms with Crippen LogP contribution in [-0.2, 0) is 4.79 Å². The van der Waals surface area contributed by atoms with E-state index < -0.39 is 0 Å². The lowest BCUT2D eigenvalue weighted by atomic mass is 10.1. The number of piperidine rings is 1. The second-order valence-corrected chi connectivity index (χ2v) is 4.10. The van der Waals surface area contributed by atoms with E-state index in [-0.39, 0.29) is 30.3 Å². The molecule has 2 rings (SSSR count). The van der Waals surface area contributed by atoms with Crippen LogP contribution in [0.15, 0.2) is 24.3 Å². The van der Waals surface area contributed by atoms with E-state index in [1.165, 1.54) is 0 Å². The molecule has 1 heterocycles. The monoisotopic (exact) mass is 269 g/mol. The maximum Gasteiger partial charge on any atom is 0.253 e. The lowest BCUT2D eigenvalue weighted by Crippen LogP contribution is -2.47. The fourth-order valence-electron chi connectivity index (χ4n) is 1.82. The first-order chi connectivity index (χ1) is 8.16. The van der Waals surface area contributed by atoms with Gasteiger partial charge in [0.1, 0.15) is 0 Å². The summed E-state index contributed by atoms with van der Waals surface area (Å²) in [5.74, 6) is -0.154. The van der Waals surface area contributed by atoms with Crippen molar-refractivity contribution in [3.63, 3.8) is 0 Å². The van der Waals surface area contributed by atoms with Crippen LogP contribution >= 0.6 is 12.4 Å². The smallest absolute Gasteiger partial charge is 0.253 e. The van der Waals surface area contributed by atoms with Crippen LogP contribution in [0.3, 0.4) is 0 Å². The molecule has 18 heavy (non-hydrogen) atoms. The Labute approximate surface area is 112 Å². The van der Waals surface area contributed by atoms with Gasteiger partial charge in [0.2, 0.25) is 5.91 Å². The van der Waals surface area contributed by atoms with Gasteiger partial charge in [-0.1, -0.05) is 12.1 Å². The number of nitrogens with two attached hydrogens (primary N) is 1. The maximum atomic E-state index is 11.9. The van der Waals surface area contributed by atoms with Crippen LogP contribution in [0, 0.1) is 0 Å². The topological polar surface area (TPSA) is 84.2 Å². The maximum absolute atomic E-state index is 11.9. The number of halogens is 1. The third kappa shape index (κ3) is 3.37. The first kappa shape index (κ1) is 14.3. The zero-order valence-corrected chi connectivity index (χ0v) is 10.6. The van der Waals surface area contributed by atoms with Crippen molar-refractivity contribution in [3.05, 3.63) is 29.8 Å². The quantitative estimate of drug-likeness (QED) is 0.691. The molecule has 1 atom stereocenters. The van der Waals surface area contributed by atoms with Crippen molar-refractivity contribution < 1.29 is 9.59 Å². The number of hydrogen-bond acceptors (Lipinski definition) is 3. The Morgan fingerprint density at radius 3 is 2.72 bits per heavy atom. The lowest BCUT2D eigenvalue weighted by Gasteiger charge is -2.23. The fourth-order valence-corrected chi connectivity index (χ4v) is 1.82. The highest BCUT2D eigenvalue weighted by Gasteiger charge is 2.20. The molecule has 0 spiro atoms. The number of nitrogen functional groups attached to an aromatic ring is 1. The summed E-state index contributed by atoms with van der Waals surface area (Å²) in [6.07, 6.45) is 1.12. The molecule has 1 fully saturated rings.